The fourth-order valence-corrected chi connectivity index (χ4v) is 4.68. The third-order valence-electron chi connectivity index (χ3n) is 4.13. The number of aryl methyl sites for hydroxylation is 1. The van der Waals surface area contributed by atoms with Crippen LogP contribution in [0.2, 0.25) is 0 Å². The first kappa shape index (κ1) is 16.1. The zero-order valence-corrected chi connectivity index (χ0v) is 15.5. The third kappa shape index (κ3) is 2.69. The fourth-order valence-electron chi connectivity index (χ4n) is 3.04. The number of hydrogen-bond acceptors (Lipinski definition) is 4. The molecule has 0 aliphatic rings. The SMILES string of the molecule is CSc1nc2sc(C)c(-c3ccccc3)c2c(=O)n1-c1ccccc1. The van der Waals surface area contributed by atoms with Gasteiger partial charge in [0.15, 0.2) is 5.16 Å². The van der Waals surface area contributed by atoms with E-state index in [2.05, 4.69) is 6.92 Å². The summed E-state index contributed by atoms with van der Waals surface area (Å²) >= 11 is 3.07. The van der Waals surface area contributed by atoms with E-state index in [9.17, 15) is 4.79 Å². The number of aromatic nitrogens is 2. The lowest BCUT2D eigenvalue weighted by atomic mass is 10.0. The number of rotatable bonds is 3. The van der Waals surface area contributed by atoms with Crippen molar-refractivity contribution in [3.8, 4) is 16.8 Å². The second kappa shape index (κ2) is 6.50. The molecule has 2 heterocycles. The van der Waals surface area contributed by atoms with Gasteiger partial charge in [-0.15, -0.1) is 11.3 Å². The average Bonchev–Trinajstić information content (AvgIpc) is 2.99. The number of nitrogens with zero attached hydrogens (tertiary/aromatic N) is 2. The van der Waals surface area contributed by atoms with Crippen molar-refractivity contribution in [3.05, 3.63) is 75.9 Å². The van der Waals surface area contributed by atoms with Crippen LogP contribution in [-0.2, 0) is 0 Å². The highest BCUT2D eigenvalue weighted by Crippen LogP contribution is 2.36. The quantitative estimate of drug-likeness (QED) is 0.373. The van der Waals surface area contributed by atoms with E-state index >= 15 is 0 Å². The van der Waals surface area contributed by atoms with Gasteiger partial charge in [-0.2, -0.15) is 0 Å². The molecule has 0 fully saturated rings. The van der Waals surface area contributed by atoms with Crippen molar-refractivity contribution in [1.29, 1.82) is 0 Å². The summed E-state index contributed by atoms with van der Waals surface area (Å²) in [5.74, 6) is 0. The lowest BCUT2D eigenvalue weighted by Gasteiger charge is -2.11. The van der Waals surface area contributed by atoms with E-state index in [0.29, 0.717) is 10.5 Å². The van der Waals surface area contributed by atoms with Crippen molar-refractivity contribution in [2.24, 2.45) is 0 Å². The van der Waals surface area contributed by atoms with Crippen molar-refractivity contribution in [2.75, 3.05) is 6.26 Å². The summed E-state index contributed by atoms with van der Waals surface area (Å²) in [4.78, 5) is 20.1. The van der Waals surface area contributed by atoms with E-state index in [-0.39, 0.29) is 5.56 Å². The molecule has 0 saturated heterocycles. The van der Waals surface area contributed by atoms with Crippen molar-refractivity contribution in [1.82, 2.24) is 9.55 Å². The van der Waals surface area contributed by atoms with Gasteiger partial charge in [0.05, 0.1) is 11.1 Å². The lowest BCUT2D eigenvalue weighted by Crippen LogP contribution is -2.21. The minimum atomic E-state index is -0.0104. The van der Waals surface area contributed by atoms with Crippen LogP contribution < -0.4 is 5.56 Å². The molecule has 2 aromatic carbocycles. The normalized spacial score (nSPS) is 11.1. The molecule has 25 heavy (non-hydrogen) atoms. The van der Waals surface area contributed by atoms with E-state index in [1.165, 1.54) is 11.8 Å². The highest BCUT2D eigenvalue weighted by molar-refractivity contribution is 7.98. The Hall–Kier alpha value is -2.37. The van der Waals surface area contributed by atoms with Gasteiger partial charge in [0, 0.05) is 10.4 Å². The maximum absolute atomic E-state index is 13.4. The predicted octanol–water partition coefficient (Wildman–Crippen LogP) is 5.14. The van der Waals surface area contributed by atoms with Gasteiger partial charge in [-0.05, 0) is 30.9 Å². The Bertz CT molecular complexity index is 1100. The Morgan fingerprint density at radius 3 is 2.28 bits per heavy atom. The van der Waals surface area contributed by atoms with Crippen LogP contribution in [0.1, 0.15) is 4.88 Å². The van der Waals surface area contributed by atoms with Crippen LogP contribution >= 0.6 is 23.1 Å². The van der Waals surface area contributed by atoms with Gasteiger partial charge in [0.2, 0.25) is 0 Å². The molecule has 0 amide bonds. The van der Waals surface area contributed by atoms with Gasteiger partial charge in [-0.25, -0.2) is 4.98 Å². The second-order valence-electron chi connectivity index (χ2n) is 5.65. The molecule has 0 aliphatic carbocycles. The van der Waals surface area contributed by atoms with Gasteiger partial charge in [0.1, 0.15) is 4.83 Å². The molecular weight excluding hydrogens is 348 g/mol. The van der Waals surface area contributed by atoms with Gasteiger partial charge in [-0.3, -0.25) is 9.36 Å². The van der Waals surface area contributed by atoms with Crippen LogP contribution in [0.5, 0.6) is 0 Å². The summed E-state index contributed by atoms with van der Waals surface area (Å²) in [5.41, 5.74) is 2.88. The molecule has 0 radical (unpaired) electrons. The summed E-state index contributed by atoms with van der Waals surface area (Å²) in [6.07, 6.45) is 1.95. The maximum atomic E-state index is 13.4. The summed E-state index contributed by atoms with van der Waals surface area (Å²) in [5, 5.41) is 1.42. The van der Waals surface area contributed by atoms with Crippen LogP contribution in [0, 0.1) is 6.92 Å². The molecule has 0 atom stereocenters. The number of para-hydroxylation sites is 1. The fraction of sp³-hybridized carbons (Fsp3) is 0.100. The van der Waals surface area contributed by atoms with E-state index in [1.54, 1.807) is 15.9 Å². The zero-order valence-electron chi connectivity index (χ0n) is 13.9. The molecule has 4 rings (SSSR count). The number of thiophene rings is 1. The van der Waals surface area contributed by atoms with Crippen LogP contribution in [0.4, 0.5) is 0 Å². The molecule has 2 aromatic heterocycles. The Balaban J connectivity index is 2.11. The summed E-state index contributed by atoms with van der Waals surface area (Å²) in [7, 11) is 0. The molecule has 0 N–H and O–H groups in total. The van der Waals surface area contributed by atoms with Crippen LogP contribution in [0.15, 0.2) is 70.6 Å². The molecule has 124 valence electrons. The largest absolute Gasteiger partial charge is 0.268 e. The standard InChI is InChI=1S/C20H16N2OS2/c1-13-16(14-9-5-3-6-10-14)17-18(25-13)21-20(24-2)22(19(17)23)15-11-7-4-8-12-15/h3-12H,1-2H3. The molecule has 5 heteroatoms. The molecular formula is C20H16N2OS2. The average molecular weight is 364 g/mol. The number of fused-ring (bicyclic) bond motifs is 1. The van der Waals surface area contributed by atoms with Crippen molar-refractivity contribution in [3.63, 3.8) is 0 Å². The third-order valence-corrected chi connectivity index (χ3v) is 5.77. The van der Waals surface area contributed by atoms with E-state index < -0.39 is 0 Å². The molecule has 4 aromatic rings. The van der Waals surface area contributed by atoms with Crippen LogP contribution in [0.3, 0.4) is 0 Å². The topological polar surface area (TPSA) is 34.9 Å². The monoisotopic (exact) mass is 364 g/mol. The second-order valence-corrected chi connectivity index (χ2v) is 7.63. The van der Waals surface area contributed by atoms with E-state index in [1.807, 2.05) is 66.9 Å². The lowest BCUT2D eigenvalue weighted by molar-refractivity contribution is 0.825. The molecule has 0 bridgehead atoms. The first-order valence-electron chi connectivity index (χ1n) is 7.91. The van der Waals surface area contributed by atoms with Gasteiger partial charge >= 0.3 is 0 Å². The number of thioether (sulfide) groups is 1. The minimum Gasteiger partial charge on any atom is -0.268 e. The summed E-state index contributed by atoms with van der Waals surface area (Å²) < 4.78 is 1.71. The van der Waals surface area contributed by atoms with E-state index in [4.69, 9.17) is 4.98 Å². The van der Waals surface area contributed by atoms with Crippen molar-refractivity contribution < 1.29 is 0 Å². The first-order valence-corrected chi connectivity index (χ1v) is 9.96. The van der Waals surface area contributed by atoms with Crippen molar-refractivity contribution >= 4 is 33.3 Å². The smallest absolute Gasteiger partial charge is 0.268 e. The van der Waals surface area contributed by atoms with Gasteiger partial charge < -0.3 is 0 Å². The Morgan fingerprint density at radius 2 is 1.64 bits per heavy atom. The Kier molecular flexibility index (Phi) is 4.19. The summed E-state index contributed by atoms with van der Waals surface area (Å²) in [6, 6.07) is 19.8. The van der Waals surface area contributed by atoms with Crippen LogP contribution in [-0.4, -0.2) is 15.8 Å². The first-order chi connectivity index (χ1) is 12.2. The Labute approximate surface area is 154 Å². The van der Waals surface area contributed by atoms with Gasteiger partial charge in [-0.1, -0.05) is 60.3 Å². The molecule has 0 unspecified atom stereocenters. The van der Waals surface area contributed by atoms with Crippen LogP contribution in [0.25, 0.3) is 27.0 Å². The maximum Gasteiger partial charge on any atom is 0.268 e. The molecule has 0 aliphatic heterocycles. The molecule has 3 nitrogen and oxygen atoms in total. The molecule has 0 spiro atoms. The summed E-state index contributed by atoms with van der Waals surface area (Å²) in [6.45, 7) is 2.06. The van der Waals surface area contributed by atoms with Crippen molar-refractivity contribution in [2.45, 2.75) is 12.1 Å². The molecule has 0 saturated carbocycles. The number of hydrogen-bond donors (Lipinski definition) is 0. The highest BCUT2D eigenvalue weighted by atomic mass is 32.2. The highest BCUT2D eigenvalue weighted by Gasteiger charge is 2.20. The van der Waals surface area contributed by atoms with E-state index in [0.717, 1.165) is 26.5 Å². The Morgan fingerprint density at radius 1 is 1.00 bits per heavy atom. The predicted molar refractivity (Wildman–Crippen MR) is 107 cm³/mol. The minimum absolute atomic E-state index is 0.0104. The van der Waals surface area contributed by atoms with Gasteiger partial charge in [0.25, 0.3) is 5.56 Å². The number of benzene rings is 2. The zero-order chi connectivity index (χ0) is 17.4.